The second kappa shape index (κ2) is 16.8. The lowest BCUT2D eigenvalue weighted by Crippen LogP contribution is -2.62. The molecule has 77 heavy (non-hydrogen) atoms. The van der Waals surface area contributed by atoms with Gasteiger partial charge in [0.15, 0.2) is 0 Å². The third kappa shape index (κ3) is 6.97. The van der Waals surface area contributed by atoms with Crippen molar-refractivity contribution in [1.29, 1.82) is 0 Å². The Hall–Kier alpha value is -8.34. The van der Waals surface area contributed by atoms with E-state index in [1.807, 2.05) is 0 Å². The molecular weight excluding hydrogens is 930 g/mol. The van der Waals surface area contributed by atoms with Gasteiger partial charge >= 0.3 is 0 Å². The molecule has 0 atom stereocenters. The Morgan fingerprint density at radius 2 is 0.831 bits per heavy atom. The second-order valence-corrected chi connectivity index (χ2v) is 24.9. The maximum atomic E-state index is 2.59. The minimum absolute atomic E-state index is 0.000664. The summed E-state index contributed by atoms with van der Waals surface area (Å²) in [5.74, 6) is 0. The molecule has 0 N–H and O–H groups in total. The van der Waals surface area contributed by atoms with Crippen LogP contribution in [0.25, 0.3) is 38.6 Å². The molecule has 0 saturated heterocycles. The minimum Gasteiger partial charge on any atom is -0.311 e. The molecule has 0 bridgehead atoms. The number of para-hydroxylation sites is 2. The summed E-state index contributed by atoms with van der Waals surface area (Å²) < 4.78 is 2.54. The van der Waals surface area contributed by atoms with E-state index >= 15 is 0 Å². The fraction of sp³-hybridized carbons (Fsp3) is 0.178. The van der Waals surface area contributed by atoms with Crippen molar-refractivity contribution in [2.75, 3.05) is 9.80 Å². The fourth-order valence-corrected chi connectivity index (χ4v) is 13.5. The largest absolute Gasteiger partial charge is 0.311 e. The SMILES string of the molecule is CC(C)(C)c1cc2c3c(c1)N(c1ccccc1)c1ccc4c(c1B3c1ccc(-n3c5ccc(C(C)(C)C)cc5c5cc(C(C)(C)C)ccc53)cc1N2c1ccccc1)-c1ccccc1C4(c1ccccc1)c1ccccc1. The normalized spacial score (nSPS) is 14.3. The lowest BCUT2D eigenvalue weighted by atomic mass is 9.32. The van der Waals surface area contributed by atoms with Crippen LogP contribution in [0.4, 0.5) is 34.1 Å². The number of rotatable bonds is 5. The Kier molecular flexibility index (Phi) is 10.3. The van der Waals surface area contributed by atoms with Gasteiger partial charge in [-0.15, -0.1) is 0 Å². The summed E-state index contributed by atoms with van der Waals surface area (Å²) in [6.45, 7) is 20.9. The maximum Gasteiger partial charge on any atom is 0.252 e. The molecule has 4 heteroatoms. The van der Waals surface area contributed by atoms with Crippen molar-refractivity contribution in [3.8, 4) is 16.8 Å². The monoisotopic (exact) mass is 994 g/mol. The van der Waals surface area contributed by atoms with Crippen LogP contribution in [0.2, 0.25) is 0 Å². The van der Waals surface area contributed by atoms with Gasteiger partial charge in [0, 0.05) is 50.6 Å². The molecule has 374 valence electrons. The van der Waals surface area contributed by atoms with E-state index in [1.165, 1.54) is 111 Å². The zero-order valence-corrected chi connectivity index (χ0v) is 45.8. The van der Waals surface area contributed by atoms with E-state index in [2.05, 4.69) is 301 Å². The third-order valence-electron chi connectivity index (χ3n) is 17.3. The lowest BCUT2D eigenvalue weighted by molar-refractivity contribution is 0.590. The van der Waals surface area contributed by atoms with E-state index in [0.29, 0.717) is 0 Å². The van der Waals surface area contributed by atoms with Crippen molar-refractivity contribution >= 4 is 79.0 Å². The van der Waals surface area contributed by atoms with E-state index in [4.69, 9.17) is 0 Å². The summed E-state index contributed by atoms with van der Waals surface area (Å²) in [5, 5.41) is 2.58. The number of anilines is 6. The maximum absolute atomic E-state index is 2.59. The molecule has 14 rings (SSSR count). The van der Waals surface area contributed by atoms with Crippen LogP contribution in [0.15, 0.2) is 224 Å². The van der Waals surface area contributed by atoms with Gasteiger partial charge in [-0.25, -0.2) is 0 Å². The van der Waals surface area contributed by atoms with Crippen LogP contribution in [0.3, 0.4) is 0 Å². The first-order valence-electron chi connectivity index (χ1n) is 27.6. The van der Waals surface area contributed by atoms with Gasteiger partial charge in [-0.1, -0.05) is 208 Å². The fourth-order valence-electron chi connectivity index (χ4n) is 13.5. The molecule has 1 aliphatic carbocycles. The summed E-state index contributed by atoms with van der Waals surface area (Å²) in [4.78, 5) is 5.18. The molecular formula is C73H64BN3. The van der Waals surface area contributed by atoms with Crippen LogP contribution >= 0.6 is 0 Å². The highest BCUT2D eigenvalue weighted by Gasteiger charge is 2.52. The first-order chi connectivity index (χ1) is 37.1. The van der Waals surface area contributed by atoms with Gasteiger partial charge in [0.2, 0.25) is 0 Å². The Labute approximate surface area is 455 Å². The van der Waals surface area contributed by atoms with Gasteiger partial charge in [0.05, 0.1) is 16.4 Å². The molecule has 10 aromatic carbocycles. The van der Waals surface area contributed by atoms with Gasteiger partial charge in [0.1, 0.15) is 0 Å². The van der Waals surface area contributed by atoms with Crippen LogP contribution in [-0.2, 0) is 21.7 Å². The Balaban J connectivity index is 1.13. The highest BCUT2D eigenvalue weighted by molar-refractivity contribution is 7.01. The van der Waals surface area contributed by atoms with Gasteiger partial charge in [0.25, 0.3) is 6.71 Å². The first kappa shape index (κ1) is 47.1. The molecule has 2 aliphatic heterocycles. The van der Waals surface area contributed by atoms with E-state index in [9.17, 15) is 0 Å². The summed E-state index contributed by atoms with van der Waals surface area (Å²) in [7, 11) is 0. The molecule has 1 aromatic heterocycles. The minimum atomic E-state index is -0.562. The molecule has 11 aromatic rings. The van der Waals surface area contributed by atoms with Gasteiger partial charge < -0.3 is 14.4 Å². The molecule has 0 amide bonds. The average Bonchev–Trinajstić information content (AvgIpc) is 4.18. The van der Waals surface area contributed by atoms with E-state index < -0.39 is 5.41 Å². The van der Waals surface area contributed by atoms with Crippen molar-refractivity contribution in [2.24, 2.45) is 0 Å². The van der Waals surface area contributed by atoms with Crippen LogP contribution in [0.1, 0.15) is 101 Å². The van der Waals surface area contributed by atoms with Crippen molar-refractivity contribution < 1.29 is 0 Å². The Morgan fingerprint density at radius 3 is 1.35 bits per heavy atom. The average molecular weight is 994 g/mol. The smallest absolute Gasteiger partial charge is 0.252 e. The molecule has 0 radical (unpaired) electrons. The quantitative estimate of drug-likeness (QED) is 0.159. The zero-order chi connectivity index (χ0) is 52.8. The van der Waals surface area contributed by atoms with Gasteiger partial charge in [-0.05, 0) is 162 Å². The summed E-state index contributed by atoms with van der Waals surface area (Å²) in [6.07, 6.45) is 0. The summed E-state index contributed by atoms with van der Waals surface area (Å²) >= 11 is 0. The number of hydrogen-bond acceptors (Lipinski definition) is 2. The van der Waals surface area contributed by atoms with Crippen molar-refractivity contribution in [3.05, 3.63) is 263 Å². The second-order valence-electron chi connectivity index (χ2n) is 24.9. The summed E-state index contributed by atoms with van der Waals surface area (Å²) in [5.41, 5.74) is 25.7. The first-order valence-corrected chi connectivity index (χ1v) is 27.6. The van der Waals surface area contributed by atoms with Crippen LogP contribution in [0, 0.1) is 0 Å². The number of aromatic nitrogens is 1. The van der Waals surface area contributed by atoms with Crippen LogP contribution in [-0.4, -0.2) is 11.3 Å². The van der Waals surface area contributed by atoms with Gasteiger partial charge in [-0.3, -0.25) is 0 Å². The molecule has 0 fully saturated rings. The zero-order valence-electron chi connectivity index (χ0n) is 45.8. The lowest BCUT2D eigenvalue weighted by Gasteiger charge is -2.46. The molecule has 3 aliphatic rings. The van der Waals surface area contributed by atoms with E-state index in [1.54, 1.807) is 0 Å². The molecule has 0 spiro atoms. The van der Waals surface area contributed by atoms with Crippen molar-refractivity contribution in [3.63, 3.8) is 0 Å². The third-order valence-corrected chi connectivity index (χ3v) is 17.3. The Morgan fingerprint density at radius 1 is 0.351 bits per heavy atom. The van der Waals surface area contributed by atoms with Gasteiger partial charge in [-0.2, -0.15) is 0 Å². The number of nitrogens with zero attached hydrogens (tertiary/aromatic N) is 3. The molecule has 3 nitrogen and oxygen atoms in total. The summed E-state index contributed by atoms with van der Waals surface area (Å²) in [6, 6.07) is 85.8. The highest BCUT2D eigenvalue weighted by Crippen LogP contribution is 2.58. The molecule has 0 unspecified atom stereocenters. The van der Waals surface area contributed by atoms with E-state index in [0.717, 1.165) is 17.1 Å². The van der Waals surface area contributed by atoms with E-state index in [-0.39, 0.29) is 23.0 Å². The molecule has 0 saturated carbocycles. The van der Waals surface area contributed by atoms with Crippen LogP contribution in [0.5, 0.6) is 0 Å². The molecule has 3 heterocycles. The Bertz CT molecular complexity index is 4040. The predicted molar refractivity (Wildman–Crippen MR) is 328 cm³/mol. The van der Waals surface area contributed by atoms with Crippen LogP contribution < -0.4 is 26.2 Å². The topological polar surface area (TPSA) is 11.4 Å². The standard InChI is InChI=1S/C73H64BN3/c1-70(2,3)49-34-39-61-56(42-49)57-43-50(71(4,5)6)35-40-62(57)77(61)54-36-38-60-64(46-54)76(53-30-20-13-21-31-53)66-45-51(72(7,8)9)44-65-68(66)74(60)69-63(75(65)52-28-18-12-19-29-52)41-37-59-67(69)55-32-22-23-33-58(55)73(59,47-24-14-10-15-25-47)48-26-16-11-17-27-48/h10-46H,1-9H3. The number of benzene rings is 10. The number of hydrogen-bond donors (Lipinski definition) is 0. The predicted octanol–water partition coefficient (Wildman–Crippen LogP) is 17.1. The van der Waals surface area contributed by atoms with Crippen molar-refractivity contribution in [2.45, 2.75) is 84.0 Å². The van der Waals surface area contributed by atoms with Crippen molar-refractivity contribution in [1.82, 2.24) is 4.57 Å². The highest BCUT2D eigenvalue weighted by atomic mass is 15.2. The number of fused-ring (bicyclic) bond motifs is 11.